The van der Waals surface area contributed by atoms with E-state index in [0.717, 1.165) is 12.1 Å². The van der Waals surface area contributed by atoms with Gasteiger partial charge in [0, 0.05) is 43.6 Å². The second kappa shape index (κ2) is 7.71. The van der Waals surface area contributed by atoms with Gasteiger partial charge in [-0.1, -0.05) is 17.7 Å². The first-order chi connectivity index (χ1) is 14.9. The fourth-order valence-electron chi connectivity index (χ4n) is 4.74. The predicted molar refractivity (Wildman–Crippen MR) is 111 cm³/mol. The van der Waals surface area contributed by atoms with Gasteiger partial charge in [-0.15, -0.1) is 0 Å². The molecule has 1 aliphatic carbocycles. The summed E-state index contributed by atoms with van der Waals surface area (Å²) in [4.78, 5) is 19.3. The van der Waals surface area contributed by atoms with Crippen LogP contribution in [0.2, 0.25) is 5.02 Å². The Bertz CT molecular complexity index is 982. The number of likely N-dealkylation sites (tertiary alicyclic amines) is 1. The molecule has 2 aromatic rings. The highest BCUT2D eigenvalue weighted by Crippen LogP contribution is 2.44. The smallest absolute Gasteiger partial charge is 0.253 e. The van der Waals surface area contributed by atoms with Crippen LogP contribution in [0.1, 0.15) is 35.3 Å². The van der Waals surface area contributed by atoms with Crippen LogP contribution in [0.25, 0.3) is 0 Å². The van der Waals surface area contributed by atoms with E-state index >= 15 is 0 Å². The van der Waals surface area contributed by atoms with E-state index in [-0.39, 0.29) is 42.8 Å². The molecule has 1 amide bonds. The Morgan fingerprint density at radius 1 is 1.29 bits per heavy atom. The lowest BCUT2D eigenvalue weighted by Crippen LogP contribution is -2.65. The van der Waals surface area contributed by atoms with Gasteiger partial charge in [0.15, 0.2) is 0 Å². The number of halogens is 3. The van der Waals surface area contributed by atoms with E-state index in [1.165, 1.54) is 0 Å². The Balaban J connectivity index is 1.21. The molecule has 1 aromatic carbocycles. The number of fused-ring (bicyclic) bond motifs is 1. The van der Waals surface area contributed by atoms with Gasteiger partial charge in [-0.25, -0.2) is 8.78 Å². The van der Waals surface area contributed by atoms with E-state index in [0.29, 0.717) is 36.0 Å². The molecule has 3 aliphatic rings. The number of piperidine rings is 1. The number of amides is 1. The summed E-state index contributed by atoms with van der Waals surface area (Å²) < 4.78 is 37.3. The first-order valence-corrected chi connectivity index (χ1v) is 10.9. The normalized spacial score (nSPS) is 27.1. The molecule has 164 valence electrons. The van der Waals surface area contributed by atoms with Crippen molar-refractivity contribution >= 4 is 17.5 Å². The average molecular weight is 449 g/mol. The maximum atomic E-state index is 13.0. The Kier molecular flexibility index (Phi) is 5.13. The highest BCUT2D eigenvalue weighted by atomic mass is 35.5. The lowest BCUT2D eigenvalue weighted by molar-refractivity contribution is -0.169. The Morgan fingerprint density at radius 3 is 2.74 bits per heavy atom. The van der Waals surface area contributed by atoms with Crippen molar-refractivity contribution in [3.63, 3.8) is 0 Å². The summed E-state index contributed by atoms with van der Waals surface area (Å²) in [6.45, 7) is 1.94. The predicted octanol–water partition coefficient (Wildman–Crippen LogP) is 4.34. The molecular weight excluding hydrogens is 426 g/mol. The van der Waals surface area contributed by atoms with Crippen LogP contribution in [-0.4, -0.2) is 54.1 Å². The number of rotatable bonds is 5. The number of benzene rings is 1. The Hall–Kier alpha value is -2.25. The molecule has 2 atom stereocenters. The van der Waals surface area contributed by atoms with Crippen LogP contribution in [0.3, 0.4) is 0 Å². The van der Waals surface area contributed by atoms with Crippen molar-refractivity contribution < 1.29 is 23.0 Å². The lowest BCUT2D eigenvalue weighted by atomic mass is 9.70. The Labute approximate surface area is 184 Å². The summed E-state index contributed by atoms with van der Waals surface area (Å²) in [5.74, 6) is -2.44. The van der Waals surface area contributed by atoms with Gasteiger partial charge < -0.3 is 14.4 Å². The summed E-state index contributed by atoms with van der Waals surface area (Å²) >= 11 is 6.30. The highest BCUT2D eigenvalue weighted by molar-refractivity contribution is 6.32. The fraction of sp³-hybridized carbons (Fsp3) is 0.478. The van der Waals surface area contributed by atoms with Gasteiger partial charge in [-0.05, 0) is 36.8 Å². The zero-order valence-corrected chi connectivity index (χ0v) is 17.7. The number of ether oxygens (including phenoxy) is 2. The molecule has 1 saturated carbocycles. The van der Waals surface area contributed by atoms with Crippen LogP contribution in [0.15, 0.2) is 42.6 Å². The molecule has 1 aromatic heterocycles. The van der Waals surface area contributed by atoms with Crippen molar-refractivity contribution in [1.29, 1.82) is 0 Å². The minimum atomic E-state index is -2.57. The topological polar surface area (TPSA) is 51.7 Å². The number of carbonyl (C=O) groups excluding carboxylic acids is 1. The minimum Gasteiger partial charge on any atom is -0.492 e. The van der Waals surface area contributed by atoms with Gasteiger partial charge in [0.05, 0.1) is 35.4 Å². The second-order valence-corrected chi connectivity index (χ2v) is 9.17. The first-order valence-electron chi connectivity index (χ1n) is 10.5. The van der Waals surface area contributed by atoms with Crippen molar-refractivity contribution in [2.75, 3.05) is 26.3 Å². The van der Waals surface area contributed by atoms with Gasteiger partial charge in [-0.3, -0.25) is 9.78 Å². The van der Waals surface area contributed by atoms with Crippen LogP contribution in [0, 0.1) is 5.92 Å². The Morgan fingerprint density at radius 2 is 2.13 bits per heavy atom. The molecule has 0 radical (unpaired) electrons. The maximum Gasteiger partial charge on any atom is 0.253 e. The standard InChI is InChI=1S/C23H23ClF2N2O3/c24-17-9-16(4-5-18(17)30-13-15-10-23(25,26)11-15)21(29)28-8-6-22(14-31-20(22)12-28)19-3-1-2-7-27-19/h1-5,7,9,15,20H,6,8,10-14H2/t20?,22-/m0/s1. The summed E-state index contributed by atoms with van der Waals surface area (Å²) in [6.07, 6.45) is 2.21. The van der Waals surface area contributed by atoms with Gasteiger partial charge in [-0.2, -0.15) is 0 Å². The molecule has 5 nitrogen and oxygen atoms in total. The molecule has 2 aliphatic heterocycles. The summed E-state index contributed by atoms with van der Waals surface area (Å²) in [7, 11) is 0. The summed E-state index contributed by atoms with van der Waals surface area (Å²) in [5, 5.41) is 0.302. The number of carbonyl (C=O) groups is 1. The molecule has 8 heteroatoms. The van der Waals surface area contributed by atoms with E-state index < -0.39 is 5.92 Å². The molecule has 1 unspecified atom stereocenters. The average Bonchev–Trinajstić information content (AvgIpc) is 2.72. The number of aromatic nitrogens is 1. The molecule has 3 heterocycles. The molecule has 0 spiro atoms. The van der Waals surface area contributed by atoms with E-state index in [2.05, 4.69) is 4.98 Å². The van der Waals surface area contributed by atoms with Crippen LogP contribution in [-0.2, 0) is 10.2 Å². The van der Waals surface area contributed by atoms with Gasteiger partial charge in [0.2, 0.25) is 5.92 Å². The van der Waals surface area contributed by atoms with Crippen molar-refractivity contribution in [2.45, 2.75) is 36.7 Å². The van der Waals surface area contributed by atoms with Crippen molar-refractivity contribution in [3.05, 3.63) is 58.9 Å². The van der Waals surface area contributed by atoms with Crippen molar-refractivity contribution in [3.8, 4) is 5.75 Å². The van der Waals surface area contributed by atoms with E-state index in [9.17, 15) is 13.6 Å². The monoisotopic (exact) mass is 448 g/mol. The molecule has 3 fully saturated rings. The van der Waals surface area contributed by atoms with Gasteiger partial charge >= 0.3 is 0 Å². The molecule has 31 heavy (non-hydrogen) atoms. The van der Waals surface area contributed by atoms with Crippen molar-refractivity contribution in [2.24, 2.45) is 5.92 Å². The zero-order chi connectivity index (χ0) is 21.6. The molecule has 5 rings (SSSR count). The molecular formula is C23H23ClF2N2O3. The quantitative estimate of drug-likeness (QED) is 0.682. The largest absolute Gasteiger partial charge is 0.492 e. The van der Waals surface area contributed by atoms with E-state index in [1.807, 2.05) is 18.2 Å². The van der Waals surface area contributed by atoms with Gasteiger partial charge in [0.1, 0.15) is 5.75 Å². The minimum absolute atomic E-state index is 0.0706. The fourth-order valence-corrected chi connectivity index (χ4v) is 4.98. The van der Waals surface area contributed by atoms with E-state index in [1.54, 1.807) is 29.3 Å². The number of alkyl halides is 2. The summed E-state index contributed by atoms with van der Waals surface area (Å²) in [5.41, 5.74) is 1.37. The van der Waals surface area contributed by atoms with Crippen LogP contribution in [0.4, 0.5) is 8.78 Å². The first kappa shape index (κ1) is 20.6. The second-order valence-electron chi connectivity index (χ2n) is 8.76. The van der Waals surface area contributed by atoms with Crippen LogP contribution in [0.5, 0.6) is 5.75 Å². The zero-order valence-electron chi connectivity index (χ0n) is 16.9. The van der Waals surface area contributed by atoms with E-state index in [4.69, 9.17) is 21.1 Å². The highest BCUT2D eigenvalue weighted by Gasteiger charge is 2.54. The van der Waals surface area contributed by atoms with Crippen molar-refractivity contribution in [1.82, 2.24) is 9.88 Å². The number of hydrogen-bond acceptors (Lipinski definition) is 4. The van der Waals surface area contributed by atoms with Crippen LogP contribution < -0.4 is 4.74 Å². The third-order valence-electron chi connectivity index (χ3n) is 6.66. The number of pyridine rings is 1. The number of nitrogens with zero attached hydrogens (tertiary/aromatic N) is 2. The molecule has 0 bridgehead atoms. The van der Waals surface area contributed by atoms with Crippen LogP contribution >= 0.6 is 11.6 Å². The van der Waals surface area contributed by atoms with Gasteiger partial charge in [0.25, 0.3) is 5.91 Å². The number of hydrogen-bond donors (Lipinski definition) is 0. The lowest BCUT2D eigenvalue weighted by Gasteiger charge is -2.54. The third-order valence-corrected chi connectivity index (χ3v) is 6.96. The molecule has 0 N–H and O–H groups in total. The SMILES string of the molecule is O=C(c1ccc(OCC2CC(F)(F)C2)c(Cl)c1)N1CC[C@@]2(c3ccccn3)COC2C1. The summed E-state index contributed by atoms with van der Waals surface area (Å²) in [6, 6.07) is 10.8. The molecule has 2 saturated heterocycles. The third kappa shape index (κ3) is 3.78. The maximum absolute atomic E-state index is 13.0.